The van der Waals surface area contributed by atoms with Crippen molar-refractivity contribution >= 4 is 9.84 Å². The van der Waals surface area contributed by atoms with Crippen molar-refractivity contribution in [1.29, 1.82) is 0 Å². The zero-order valence-corrected chi connectivity index (χ0v) is 12.6. The number of aryl methyl sites for hydroxylation is 1. The Morgan fingerprint density at radius 2 is 1.85 bits per heavy atom. The highest BCUT2D eigenvalue weighted by molar-refractivity contribution is 7.92. The maximum Gasteiger partial charge on any atom is 0.181 e. The van der Waals surface area contributed by atoms with Crippen molar-refractivity contribution in [2.45, 2.75) is 61.8 Å². The van der Waals surface area contributed by atoms with Crippen LogP contribution >= 0.6 is 0 Å². The molecule has 0 N–H and O–H groups in total. The molecule has 2 heterocycles. The summed E-state index contributed by atoms with van der Waals surface area (Å²) in [6.07, 6.45) is 1.43. The van der Waals surface area contributed by atoms with Crippen LogP contribution < -0.4 is 0 Å². The van der Waals surface area contributed by atoms with Gasteiger partial charge in [-0.1, -0.05) is 24.6 Å². The lowest BCUT2D eigenvalue weighted by Gasteiger charge is -2.26. The van der Waals surface area contributed by atoms with Crippen molar-refractivity contribution in [2.24, 2.45) is 0 Å². The van der Waals surface area contributed by atoms with Gasteiger partial charge in [-0.05, 0) is 31.9 Å². The molecule has 0 spiro atoms. The van der Waals surface area contributed by atoms with E-state index in [-0.39, 0.29) is 18.5 Å². The molecule has 5 heteroatoms. The lowest BCUT2D eigenvalue weighted by molar-refractivity contribution is -0.0854. The van der Waals surface area contributed by atoms with Crippen molar-refractivity contribution in [3.05, 3.63) is 29.8 Å². The fourth-order valence-corrected chi connectivity index (χ4v) is 4.77. The first-order valence-corrected chi connectivity index (χ1v) is 8.67. The summed E-state index contributed by atoms with van der Waals surface area (Å²) in [7, 11) is -3.30. The van der Waals surface area contributed by atoms with E-state index in [9.17, 15) is 8.42 Å². The summed E-state index contributed by atoms with van der Waals surface area (Å²) in [5.74, 6) is 0. The molecule has 0 radical (unpaired) electrons. The molecular weight excluding hydrogens is 276 g/mol. The van der Waals surface area contributed by atoms with E-state index in [2.05, 4.69) is 0 Å². The van der Waals surface area contributed by atoms with E-state index in [0.29, 0.717) is 17.7 Å². The predicted molar refractivity (Wildman–Crippen MR) is 75.2 cm³/mol. The number of hydrogen-bond acceptors (Lipinski definition) is 4. The number of hydrogen-bond donors (Lipinski definition) is 0. The summed E-state index contributed by atoms with van der Waals surface area (Å²) in [5.41, 5.74) is 1.06. The molecule has 4 atom stereocenters. The first kappa shape index (κ1) is 14.0. The second-order valence-corrected chi connectivity index (χ2v) is 7.87. The SMILES string of the molecule is CC[C@@H]1O[C@H]2C[C@H](S(=O)(=O)c3ccc(C)cc3)C[C@@H]1O2. The quantitative estimate of drug-likeness (QED) is 0.859. The maximum atomic E-state index is 12.7. The number of rotatable bonds is 3. The summed E-state index contributed by atoms with van der Waals surface area (Å²) in [6, 6.07) is 7.07. The van der Waals surface area contributed by atoms with Crippen LogP contribution in [0.15, 0.2) is 29.2 Å². The second-order valence-electron chi connectivity index (χ2n) is 5.64. The van der Waals surface area contributed by atoms with E-state index >= 15 is 0 Å². The fraction of sp³-hybridized carbons (Fsp3) is 0.600. The summed E-state index contributed by atoms with van der Waals surface area (Å²) in [6.45, 7) is 3.99. The average Bonchev–Trinajstić information content (AvgIpc) is 2.73. The van der Waals surface area contributed by atoms with E-state index in [1.807, 2.05) is 26.0 Å². The Kier molecular flexibility index (Phi) is 3.60. The molecule has 0 saturated carbocycles. The Morgan fingerprint density at radius 3 is 2.50 bits per heavy atom. The van der Waals surface area contributed by atoms with Gasteiger partial charge in [-0.15, -0.1) is 0 Å². The van der Waals surface area contributed by atoms with Gasteiger partial charge in [-0.25, -0.2) is 8.42 Å². The van der Waals surface area contributed by atoms with Gasteiger partial charge < -0.3 is 9.47 Å². The van der Waals surface area contributed by atoms with Crippen LogP contribution in [0.25, 0.3) is 0 Å². The van der Waals surface area contributed by atoms with Gasteiger partial charge in [-0.2, -0.15) is 0 Å². The topological polar surface area (TPSA) is 52.6 Å². The predicted octanol–water partition coefficient (Wildman–Crippen LogP) is 2.45. The molecule has 4 nitrogen and oxygen atoms in total. The van der Waals surface area contributed by atoms with Gasteiger partial charge in [0.15, 0.2) is 16.1 Å². The van der Waals surface area contributed by atoms with E-state index in [1.54, 1.807) is 12.1 Å². The van der Waals surface area contributed by atoms with Crippen LogP contribution in [0, 0.1) is 6.92 Å². The lowest BCUT2D eigenvalue weighted by atomic mass is 10.0. The zero-order valence-electron chi connectivity index (χ0n) is 11.8. The molecule has 1 aromatic carbocycles. The molecule has 0 aromatic heterocycles. The third-order valence-corrected chi connectivity index (χ3v) is 6.40. The minimum atomic E-state index is -3.30. The van der Waals surface area contributed by atoms with Gasteiger partial charge in [0.2, 0.25) is 0 Å². The molecule has 3 rings (SSSR count). The van der Waals surface area contributed by atoms with Crippen molar-refractivity contribution in [1.82, 2.24) is 0 Å². The first-order valence-electron chi connectivity index (χ1n) is 7.12. The highest BCUT2D eigenvalue weighted by Gasteiger charge is 2.46. The van der Waals surface area contributed by atoms with Gasteiger partial charge in [-0.3, -0.25) is 0 Å². The van der Waals surface area contributed by atoms with Crippen molar-refractivity contribution in [3.8, 4) is 0 Å². The molecule has 20 heavy (non-hydrogen) atoms. The van der Waals surface area contributed by atoms with Gasteiger partial charge in [0.05, 0.1) is 22.4 Å². The van der Waals surface area contributed by atoms with Crippen molar-refractivity contribution < 1.29 is 17.9 Å². The Balaban J connectivity index is 1.84. The molecule has 0 amide bonds. The molecular formula is C15H20O4S. The van der Waals surface area contributed by atoms with E-state index < -0.39 is 15.1 Å². The Morgan fingerprint density at radius 1 is 1.15 bits per heavy atom. The van der Waals surface area contributed by atoms with Crippen LogP contribution in [-0.2, 0) is 19.3 Å². The molecule has 110 valence electrons. The zero-order chi connectivity index (χ0) is 14.3. The second kappa shape index (κ2) is 5.13. The summed E-state index contributed by atoms with van der Waals surface area (Å²) >= 11 is 0. The monoisotopic (exact) mass is 296 g/mol. The molecule has 2 fully saturated rings. The largest absolute Gasteiger partial charge is 0.347 e. The van der Waals surface area contributed by atoms with Crippen LogP contribution in [0.2, 0.25) is 0 Å². The van der Waals surface area contributed by atoms with E-state index in [1.165, 1.54) is 0 Å². The van der Waals surface area contributed by atoms with E-state index in [0.717, 1.165) is 12.0 Å². The average molecular weight is 296 g/mol. The van der Waals surface area contributed by atoms with Gasteiger partial charge >= 0.3 is 0 Å². The first-order chi connectivity index (χ1) is 9.50. The summed E-state index contributed by atoms with van der Waals surface area (Å²) in [5, 5.41) is -0.398. The Bertz CT molecular complexity index is 578. The summed E-state index contributed by atoms with van der Waals surface area (Å²) < 4.78 is 36.8. The number of benzene rings is 1. The number of sulfone groups is 1. The Hall–Kier alpha value is -0.910. The van der Waals surface area contributed by atoms with E-state index in [4.69, 9.17) is 9.47 Å². The van der Waals surface area contributed by atoms with Crippen LogP contribution in [-0.4, -0.2) is 32.2 Å². The normalized spacial score (nSPS) is 33.3. The van der Waals surface area contributed by atoms with Gasteiger partial charge in [0.25, 0.3) is 0 Å². The maximum absolute atomic E-state index is 12.7. The minimum Gasteiger partial charge on any atom is -0.347 e. The standard InChI is InChI=1S/C15H20O4S/c1-3-13-14-8-12(9-15(18-13)19-14)20(16,17)11-6-4-10(2)5-7-11/h4-7,12-15H,3,8-9H2,1-2H3/t12-,13+,14+,15-/m1/s1. The van der Waals surface area contributed by atoms with Crippen molar-refractivity contribution in [2.75, 3.05) is 0 Å². The lowest BCUT2D eigenvalue weighted by Crippen LogP contribution is -2.36. The molecule has 0 unspecified atom stereocenters. The number of ether oxygens (including phenoxy) is 2. The molecule has 1 aromatic rings. The fourth-order valence-electron chi connectivity index (χ4n) is 3.02. The highest BCUT2D eigenvalue weighted by Crippen LogP contribution is 2.37. The molecule has 2 aliphatic heterocycles. The smallest absolute Gasteiger partial charge is 0.181 e. The third kappa shape index (κ3) is 2.38. The number of fused-ring (bicyclic) bond motifs is 2. The highest BCUT2D eigenvalue weighted by atomic mass is 32.2. The van der Waals surface area contributed by atoms with Crippen LogP contribution in [0.1, 0.15) is 31.7 Å². The van der Waals surface area contributed by atoms with Crippen LogP contribution in [0.4, 0.5) is 0 Å². The van der Waals surface area contributed by atoms with Gasteiger partial charge in [0.1, 0.15) is 0 Å². The van der Waals surface area contributed by atoms with Crippen LogP contribution in [0.3, 0.4) is 0 Å². The van der Waals surface area contributed by atoms with Gasteiger partial charge in [0, 0.05) is 6.42 Å². The molecule has 0 aliphatic carbocycles. The molecule has 2 aliphatic rings. The Labute approximate surface area is 120 Å². The molecule has 2 saturated heterocycles. The van der Waals surface area contributed by atoms with Crippen molar-refractivity contribution in [3.63, 3.8) is 0 Å². The third-order valence-electron chi connectivity index (χ3n) is 4.21. The summed E-state index contributed by atoms with van der Waals surface area (Å²) in [4.78, 5) is 0.405. The van der Waals surface area contributed by atoms with Crippen LogP contribution in [0.5, 0.6) is 0 Å². The molecule has 2 bridgehead atoms. The minimum absolute atomic E-state index is 0.0400.